The summed E-state index contributed by atoms with van der Waals surface area (Å²) in [5, 5.41) is 17.0. The minimum absolute atomic E-state index is 0.254. The van der Waals surface area contributed by atoms with Crippen LogP contribution in [0.15, 0.2) is 0 Å². The molecule has 0 aliphatic carbocycles. The van der Waals surface area contributed by atoms with Gasteiger partial charge in [0.25, 0.3) is 0 Å². The minimum Gasteiger partial charge on any atom is -0.211 e. The standard InChI is InChI=1S/C8H13N3O2S/c1-3-4-8(2,7-10)14(12,13)11-6-5-9/h11H,3-4,6H2,1-2H3. The summed E-state index contributed by atoms with van der Waals surface area (Å²) in [5.41, 5.74) is 0. The van der Waals surface area contributed by atoms with Crippen molar-refractivity contribution in [3.63, 3.8) is 0 Å². The maximum absolute atomic E-state index is 11.5. The Balaban J connectivity index is 4.87. The number of hydrogen-bond acceptors (Lipinski definition) is 4. The second-order valence-electron chi connectivity index (χ2n) is 3.08. The van der Waals surface area contributed by atoms with E-state index in [2.05, 4.69) is 4.72 Å². The summed E-state index contributed by atoms with van der Waals surface area (Å²) in [6, 6.07) is 3.43. The molecule has 78 valence electrons. The van der Waals surface area contributed by atoms with E-state index in [1.807, 2.05) is 0 Å². The Morgan fingerprint density at radius 1 is 1.43 bits per heavy atom. The van der Waals surface area contributed by atoms with Crippen molar-refractivity contribution in [2.24, 2.45) is 0 Å². The molecular formula is C8H13N3O2S. The maximum Gasteiger partial charge on any atom is 0.231 e. The van der Waals surface area contributed by atoms with E-state index in [9.17, 15) is 8.42 Å². The summed E-state index contributed by atoms with van der Waals surface area (Å²) >= 11 is 0. The quantitative estimate of drug-likeness (QED) is 0.676. The topological polar surface area (TPSA) is 93.8 Å². The first kappa shape index (κ1) is 12.9. The molecule has 0 heterocycles. The highest BCUT2D eigenvalue weighted by Crippen LogP contribution is 2.20. The van der Waals surface area contributed by atoms with Gasteiger partial charge in [-0.05, 0) is 13.3 Å². The van der Waals surface area contributed by atoms with E-state index in [-0.39, 0.29) is 13.0 Å². The van der Waals surface area contributed by atoms with Crippen LogP contribution in [0.5, 0.6) is 0 Å². The Morgan fingerprint density at radius 3 is 2.36 bits per heavy atom. The normalized spacial score (nSPS) is 15.1. The molecule has 0 rings (SSSR count). The molecule has 0 spiro atoms. The summed E-state index contributed by atoms with van der Waals surface area (Å²) in [6.07, 6.45) is 0.849. The van der Waals surface area contributed by atoms with E-state index in [1.165, 1.54) is 6.92 Å². The molecule has 0 amide bonds. The molecule has 0 aromatic heterocycles. The fourth-order valence-electron chi connectivity index (χ4n) is 1.01. The Labute approximate surface area is 84.4 Å². The van der Waals surface area contributed by atoms with Gasteiger partial charge in [-0.3, -0.25) is 0 Å². The first-order valence-corrected chi connectivity index (χ1v) is 5.69. The van der Waals surface area contributed by atoms with Gasteiger partial charge in [-0.1, -0.05) is 13.3 Å². The van der Waals surface area contributed by atoms with Crippen LogP contribution in [0.25, 0.3) is 0 Å². The molecule has 0 saturated carbocycles. The van der Waals surface area contributed by atoms with Gasteiger partial charge < -0.3 is 0 Å². The molecule has 0 aliphatic heterocycles. The van der Waals surface area contributed by atoms with Gasteiger partial charge in [0.2, 0.25) is 10.0 Å². The third kappa shape index (κ3) is 2.69. The van der Waals surface area contributed by atoms with Crippen LogP contribution in [0.4, 0.5) is 0 Å². The predicted molar refractivity (Wildman–Crippen MR) is 51.5 cm³/mol. The maximum atomic E-state index is 11.5. The fourth-order valence-corrected chi connectivity index (χ4v) is 2.18. The van der Waals surface area contributed by atoms with Crippen molar-refractivity contribution in [3.05, 3.63) is 0 Å². The molecule has 0 bridgehead atoms. The zero-order valence-electron chi connectivity index (χ0n) is 8.24. The van der Waals surface area contributed by atoms with Gasteiger partial charge in [0, 0.05) is 0 Å². The first-order chi connectivity index (χ1) is 6.43. The first-order valence-electron chi connectivity index (χ1n) is 4.21. The predicted octanol–water partition coefficient (Wildman–Crippen LogP) is 0.512. The number of sulfonamides is 1. The Bertz CT molecular complexity index is 363. The fraction of sp³-hybridized carbons (Fsp3) is 0.750. The molecule has 1 N–H and O–H groups in total. The van der Waals surface area contributed by atoms with Crippen LogP contribution in [0, 0.1) is 22.7 Å². The van der Waals surface area contributed by atoms with E-state index < -0.39 is 14.8 Å². The van der Waals surface area contributed by atoms with Crippen LogP contribution in [-0.2, 0) is 10.0 Å². The van der Waals surface area contributed by atoms with E-state index in [1.54, 1.807) is 19.1 Å². The highest BCUT2D eigenvalue weighted by Gasteiger charge is 2.38. The molecule has 0 aromatic rings. The number of hydrogen-bond donors (Lipinski definition) is 1. The molecule has 1 atom stereocenters. The van der Waals surface area contributed by atoms with Crippen LogP contribution >= 0.6 is 0 Å². The van der Waals surface area contributed by atoms with Crippen LogP contribution < -0.4 is 4.72 Å². The van der Waals surface area contributed by atoms with Crippen molar-refractivity contribution in [2.75, 3.05) is 6.54 Å². The Morgan fingerprint density at radius 2 is 2.00 bits per heavy atom. The summed E-state index contributed by atoms with van der Waals surface area (Å²) in [6.45, 7) is 2.86. The van der Waals surface area contributed by atoms with Crippen LogP contribution in [0.3, 0.4) is 0 Å². The lowest BCUT2D eigenvalue weighted by atomic mass is 10.1. The van der Waals surface area contributed by atoms with Gasteiger partial charge >= 0.3 is 0 Å². The monoisotopic (exact) mass is 215 g/mol. The van der Waals surface area contributed by atoms with E-state index in [4.69, 9.17) is 10.5 Å². The van der Waals surface area contributed by atoms with Gasteiger partial charge in [-0.2, -0.15) is 15.2 Å². The van der Waals surface area contributed by atoms with Crippen molar-refractivity contribution in [1.82, 2.24) is 4.72 Å². The molecule has 0 aromatic carbocycles. The molecule has 0 saturated heterocycles. The second kappa shape index (κ2) is 4.94. The Hall–Kier alpha value is -1.11. The lowest BCUT2D eigenvalue weighted by Crippen LogP contribution is -2.43. The van der Waals surface area contributed by atoms with Gasteiger partial charge in [0.1, 0.15) is 0 Å². The highest BCUT2D eigenvalue weighted by atomic mass is 32.2. The van der Waals surface area contributed by atoms with Crippen molar-refractivity contribution >= 4 is 10.0 Å². The molecular weight excluding hydrogens is 202 g/mol. The van der Waals surface area contributed by atoms with E-state index in [0.29, 0.717) is 6.42 Å². The molecule has 0 fully saturated rings. The van der Waals surface area contributed by atoms with Crippen molar-refractivity contribution in [3.8, 4) is 12.1 Å². The molecule has 5 nitrogen and oxygen atoms in total. The van der Waals surface area contributed by atoms with Gasteiger partial charge in [-0.15, -0.1) is 0 Å². The number of nitrogens with zero attached hydrogens (tertiary/aromatic N) is 2. The van der Waals surface area contributed by atoms with Crippen molar-refractivity contribution < 1.29 is 8.42 Å². The average molecular weight is 215 g/mol. The van der Waals surface area contributed by atoms with Crippen molar-refractivity contribution in [1.29, 1.82) is 10.5 Å². The summed E-state index contributed by atoms with van der Waals surface area (Å²) < 4.78 is 23.7. The largest absolute Gasteiger partial charge is 0.231 e. The summed E-state index contributed by atoms with van der Waals surface area (Å²) in [4.78, 5) is 0. The highest BCUT2D eigenvalue weighted by molar-refractivity contribution is 7.91. The third-order valence-electron chi connectivity index (χ3n) is 1.90. The zero-order valence-corrected chi connectivity index (χ0v) is 9.06. The Kier molecular flexibility index (Phi) is 4.55. The van der Waals surface area contributed by atoms with Gasteiger partial charge in [0.15, 0.2) is 4.75 Å². The van der Waals surface area contributed by atoms with Gasteiger partial charge in [-0.25, -0.2) is 8.42 Å². The van der Waals surface area contributed by atoms with E-state index >= 15 is 0 Å². The molecule has 1 unspecified atom stereocenters. The lowest BCUT2D eigenvalue weighted by molar-refractivity contribution is 0.539. The van der Waals surface area contributed by atoms with Crippen LogP contribution in [-0.4, -0.2) is 19.7 Å². The lowest BCUT2D eigenvalue weighted by Gasteiger charge is -2.20. The SMILES string of the molecule is CCCC(C)(C#N)S(=O)(=O)NCC#N. The molecule has 14 heavy (non-hydrogen) atoms. The summed E-state index contributed by atoms with van der Waals surface area (Å²) in [7, 11) is -3.73. The van der Waals surface area contributed by atoms with Gasteiger partial charge in [0.05, 0.1) is 18.7 Å². The summed E-state index contributed by atoms with van der Waals surface area (Å²) in [5.74, 6) is 0. The third-order valence-corrected chi connectivity index (χ3v) is 3.90. The molecule has 0 aliphatic rings. The minimum atomic E-state index is -3.73. The number of nitrogens with one attached hydrogen (secondary N) is 1. The number of rotatable bonds is 5. The second-order valence-corrected chi connectivity index (χ2v) is 5.27. The van der Waals surface area contributed by atoms with Crippen LogP contribution in [0.2, 0.25) is 0 Å². The molecule has 6 heteroatoms. The van der Waals surface area contributed by atoms with Crippen molar-refractivity contribution in [2.45, 2.75) is 31.4 Å². The zero-order chi connectivity index (χ0) is 11.2. The molecule has 0 radical (unpaired) electrons. The van der Waals surface area contributed by atoms with E-state index in [0.717, 1.165) is 0 Å². The average Bonchev–Trinajstić information content (AvgIpc) is 2.14. The number of nitriles is 2. The smallest absolute Gasteiger partial charge is 0.211 e. The van der Waals surface area contributed by atoms with Crippen LogP contribution in [0.1, 0.15) is 26.7 Å².